The lowest BCUT2D eigenvalue weighted by Crippen LogP contribution is -2.29. The van der Waals surface area contributed by atoms with Gasteiger partial charge in [0.05, 0.1) is 23.9 Å². The average molecular weight is 487 g/mol. The number of hydrogen-bond acceptors (Lipinski definition) is 3. The average Bonchev–Trinajstić information content (AvgIpc) is 3.66. The molecular formula is C29H34N4OS. The normalized spacial score (nSPS) is 23.5. The summed E-state index contributed by atoms with van der Waals surface area (Å²) in [7, 11) is 0. The van der Waals surface area contributed by atoms with Gasteiger partial charge < -0.3 is 19.5 Å². The molecule has 0 radical (unpaired) electrons. The van der Waals surface area contributed by atoms with Gasteiger partial charge >= 0.3 is 0 Å². The van der Waals surface area contributed by atoms with Gasteiger partial charge in [-0.15, -0.1) is 0 Å². The number of thiocarbonyl (C=S) groups is 1. The second kappa shape index (κ2) is 10.0. The fraction of sp³-hybridized carbons (Fsp3) is 0.448. The molecule has 3 fully saturated rings. The third kappa shape index (κ3) is 4.68. The Morgan fingerprint density at radius 2 is 1.66 bits per heavy atom. The van der Waals surface area contributed by atoms with E-state index in [-0.39, 0.29) is 12.1 Å². The minimum atomic E-state index is -0.0136. The van der Waals surface area contributed by atoms with Crippen molar-refractivity contribution in [2.75, 3.05) is 4.90 Å². The number of pyridine rings is 1. The van der Waals surface area contributed by atoms with Crippen molar-refractivity contribution in [3.05, 3.63) is 78.4 Å². The quantitative estimate of drug-likeness (QED) is 0.384. The minimum absolute atomic E-state index is 0.0136. The highest BCUT2D eigenvalue weighted by molar-refractivity contribution is 7.80. The highest BCUT2D eigenvalue weighted by Gasteiger charge is 2.41. The maximum absolute atomic E-state index is 6.21. The number of hydrogen-bond donors (Lipinski definition) is 1. The van der Waals surface area contributed by atoms with Crippen molar-refractivity contribution < 1.29 is 4.74 Å². The topological polar surface area (TPSA) is 42.3 Å². The Morgan fingerprint density at radius 3 is 2.40 bits per heavy atom. The fourth-order valence-corrected chi connectivity index (χ4v) is 6.41. The zero-order valence-corrected chi connectivity index (χ0v) is 21.0. The molecule has 1 N–H and O–H groups in total. The summed E-state index contributed by atoms with van der Waals surface area (Å²) in [6, 6.07) is 17.5. The van der Waals surface area contributed by atoms with E-state index < -0.39 is 0 Å². The molecule has 1 saturated heterocycles. The van der Waals surface area contributed by atoms with E-state index >= 15 is 0 Å². The molecule has 0 unspecified atom stereocenters. The van der Waals surface area contributed by atoms with E-state index in [1.807, 2.05) is 12.3 Å². The number of nitrogens with zero attached hydrogens (tertiary/aromatic N) is 3. The van der Waals surface area contributed by atoms with Gasteiger partial charge in [0.15, 0.2) is 5.11 Å². The molecule has 2 saturated carbocycles. The zero-order chi connectivity index (χ0) is 23.6. The van der Waals surface area contributed by atoms with Crippen LogP contribution in [0.4, 0.5) is 5.69 Å². The molecule has 35 heavy (non-hydrogen) atoms. The van der Waals surface area contributed by atoms with E-state index in [9.17, 15) is 0 Å². The molecule has 182 valence electrons. The Balaban J connectivity index is 1.31. The molecule has 1 aliphatic heterocycles. The summed E-state index contributed by atoms with van der Waals surface area (Å²) in [4.78, 5) is 6.95. The molecule has 2 aliphatic carbocycles. The van der Waals surface area contributed by atoms with Crippen LogP contribution in [0, 0.1) is 0 Å². The molecular weight excluding hydrogens is 452 g/mol. The SMILES string of the molecule is S=C1N[C@H](c2ccccn2)[C@@H](c2ccn(C3CCCCC3)c2)N1c1ccc(OC2CCCC2)cc1. The smallest absolute Gasteiger partial charge is 0.174 e. The molecule has 2 aromatic heterocycles. The van der Waals surface area contributed by atoms with Crippen molar-refractivity contribution in [3.8, 4) is 5.75 Å². The van der Waals surface area contributed by atoms with Gasteiger partial charge in [0.2, 0.25) is 0 Å². The molecule has 0 spiro atoms. The third-order valence-electron chi connectivity index (χ3n) is 7.89. The van der Waals surface area contributed by atoms with Gasteiger partial charge in [-0.25, -0.2) is 0 Å². The van der Waals surface area contributed by atoms with E-state index in [1.165, 1.54) is 50.5 Å². The van der Waals surface area contributed by atoms with Gasteiger partial charge in [-0.05, 0) is 98.8 Å². The molecule has 3 aromatic rings. The van der Waals surface area contributed by atoms with Crippen LogP contribution in [-0.4, -0.2) is 20.8 Å². The first-order valence-corrected chi connectivity index (χ1v) is 13.6. The Hall–Kier alpha value is -2.86. The summed E-state index contributed by atoms with van der Waals surface area (Å²) in [6.45, 7) is 0. The molecule has 1 aromatic carbocycles. The van der Waals surface area contributed by atoms with Crippen LogP contribution < -0.4 is 15.0 Å². The van der Waals surface area contributed by atoms with E-state index in [0.29, 0.717) is 12.1 Å². The highest BCUT2D eigenvalue weighted by atomic mass is 32.1. The van der Waals surface area contributed by atoms with Crippen LogP contribution >= 0.6 is 12.2 Å². The Bertz CT molecular complexity index is 1130. The number of aromatic nitrogens is 2. The van der Waals surface area contributed by atoms with Crippen molar-refractivity contribution in [2.45, 2.75) is 82.0 Å². The number of rotatable bonds is 6. The standard InChI is InChI=1S/C29H34N4OS/c35-29-31-27(26-12-6-7-18-30-26)28(21-17-19-32(20-21)22-8-2-1-3-9-22)33(29)23-13-15-25(16-14-23)34-24-10-4-5-11-24/h6-7,12-20,22,24,27-28H,1-5,8-11H2,(H,31,35)/t27-,28-/m1/s1. The van der Waals surface area contributed by atoms with E-state index in [2.05, 4.69) is 69.6 Å². The predicted octanol–water partition coefficient (Wildman–Crippen LogP) is 6.89. The van der Waals surface area contributed by atoms with Crippen molar-refractivity contribution in [2.24, 2.45) is 0 Å². The van der Waals surface area contributed by atoms with Gasteiger partial charge in [0.25, 0.3) is 0 Å². The van der Waals surface area contributed by atoms with E-state index in [4.69, 9.17) is 21.9 Å². The van der Waals surface area contributed by atoms with Crippen molar-refractivity contribution >= 4 is 23.0 Å². The van der Waals surface area contributed by atoms with Gasteiger partial charge in [0.1, 0.15) is 5.75 Å². The van der Waals surface area contributed by atoms with Crippen LogP contribution in [0.25, 0.3) is 0 Å². The second-order valence-corrected chi connectivity index (χ2v) is 10.6. The monoisotopic (exact) mass is 486 g/mol. The van der Waals surface area contributed by atoms with Gasteiger partial charge in [-0.1, -0.05) is 25.3 Å². The summed E-state index contributed by atoms with van der Waals surface area (Å²) >= 11 is 5.91. The number of nitrogens with one attached hydrogen (secondary N) is 1. The predicted molar refractivity (Wildman–Crippen MR) is 144 cm³/mol. The van der Waals surface area contributed by atoms with Gasteiger partial charge in [0, 0.05) is 30.3 Å². The molecule has 6 rings (SSSR count). The molecule has 3 heterocycles. The summed E-state index contributed by atoms with van der Waals surface area (Å²) in [6.07, 6.45) is 18.2. The molecule has 3 aliphatic rings. The minimum Gasteiger partial charge on any atom is -0.490 e. The first kappa shape index (κ1) is 22.6. The van der Waals surface area contributed by atoms with Crippen LogP contribution in [0.15, 0.2) is 67.1 Å². The highest BCUT2D eigenvalue weighted by Crippen LogP contribution is 2.42. The van der Waals surface area contributed by atoms with Crippen molar-refractivity contribution in [3.63, 3.8) is 0 Å². The van der Waals surface area contributed by atoms with Crippen molar-refractivity contribution in [1.82, 2.24) is 14.9 Å². The van der Waals surface area contributed by atoms with Gasteiger partial charge in [-0.3, -0.25) is 4.98 Å². The first-order valence-electron chi connectivity index (χ1n) is 13.2. The fourth-order valence-electron chi connectivity index (χ4n) is 6.07. The summed E-state index contributed by atoms with van der Waals surface area (Å²) in [5.41, 5.74) is 3.36. The molecule has 5 nitrogen and oxygen atoms in total. The molecule has 6 heteroatoms. The largest absolute Gasteiger partial charge is 0.490 e. The molecule has 0 amide bonds. The van der Waals surface area contributed by atoms with Gasteiger partial charge in [-0.2, -0.15) is 0 Å². The molecule has 0 bridgehead atoms. The lowest BCUT2D eigenvalue weighted by Gasteiger charge is -2.28. The first-order chi connectivity index (χ1) is 17.3. The lowest BCUT2D eigenvalue weighted by molar-refractivity contribution is 0.210. The Labute approximate surface area is 213 Å². The molecule has 2 atom stereocenters. The van der Waals surface area contributed by atoms with E-state index in [1.54, 1.807) is 0 Å². The zero-order valence-electron chi connectivity index (χ0n) is 20.2. The van der Waals surface area contributed by atoms with Crippen LogP contribution in [0.1, 0.15) is 87.2 Å². The third-order valence-corrected chi connectivity index (χ3v) is 8.21. The number of anilines is 1. The lowest BCUT2D eigenvalue weighted by atomic mass is 9.95. The van der Waals surface area contributed by atoms with Crippen LogP contribution in [0.3, 0.4) is 0 Å². The summed E-state index contributed by atoms with van der Waals surface area (Å²) < 4.78 is 8.64. The Kier molecular flexibility index (Phi) is 6.47. The van der Waals surface area contributed by atoms with E-state index in [0.717, 1.165) is 35.1 Å². The summed E-state index contributed by atoms with van der Waals surface area (Å²) in [5.74, 6) is 0.944. The Morgan fingerprint density at radius 1 is 0.886 bits per heavy atom. The maximum Gasteiger partial charge on any atom is 0.174 e. The van der Waals surface area contributed by atoms with Crippen molar-refractivity contribution in [1.29, 1.82) is 0 Å². The van der Waals surface area contributed by atoms with Crippen LogP contribution in [-0.2, 0) is 0 Å². The number of benzene rings is 1. The van der Waals surface area contributed by atoms with Crippen LogP contribution in [0.5, 0.6) is 5.75 Å². The summed E-state index contributed by atoms with van der Waals surface area (Å²) in [5, 5.41) is 4.32. The van der Waals surface area contributed by atoms with Crippen LogP contribution in [0.2, 0.25) is 0 Å². The maximum atomic E-state index is 6.21. The second-order valence-electron chi connectivity index (χ2n) is 10.2. The number of ether oxygens (including phenoxy) is 1.